The fraction of sp³-hybridized carbons (Fsp3) is 0.417. The molecular formula is C12H15BrClNO3S. The third kappa shape index (κ3) is 4.47. The van der Waals surface area contributed by atoms with Crippen LogP contribution in [0.2, 0.25) is 0 Å². The monoisotopic (exact) mass is 367 g/mol. The number of amides is 1. The fourth-order valence-corrected chi connectivity index (χ4v) is 3.71. The summed E-state index contributed by atoms with van der Waals surface area (Å²) in [6, 6.07) is 4.39. The average Bonchev–Trinajstić information content (AvgIpc) is 2.34. The molecular weight excluding hydrogens is 354 g/mol. The molecule has 19 heavy (non-hydrogen) atoms. The van der Waals surface area contributed by atoms with Gasteiger partial charge in [0.05, 0.1) is 4.90 Å². The number of benzene rings is 1. The first-order valence-corrected chi connectivity index (χ1v) is 8.94. The second-order valence-electron chi connectivity index (χ2n) is 4.07. The van der Waals surface area contributed by atoms with Gasteiger partial charge in [-0.3, -0.25) is 4.79 Å². The van der Waals surface area contributed by atoms with Crippen LogP contribution in [0.15, 0.2) is 27.6 Å². The maximum atomic E-state index is 12.0. The summed E-state index contributed by atoms with van der Waals surface area (Å²) in [6.45, 7) is 3.95. The van der Waals surface area contributed by atoms with Crippen molar-refractivity contribution in [2.75, 3.05) is 0 Å². The van der Waals surface area contributed by atoms with Crippen molar-refractivity contribution in [3.8, 4) is 0 Å². The van der Waals surface area contributed by atoms with Crippen molar-refractivity contribution in [2.45, 2.75) is 37.6 Å². The molecule has 0 aromatic heterocycles. The summed E-state index contributed by atoms with van der Waals surface area (Å²) in [5, 5.41) is 2.84. The molecule has 0 aliphatic carbocycles. The van der Waals surface area contributed by atoms with Crippen molar-refractivity contribution in [1.82, 2.24) is 5.32 Å². The zero-order chi connectivity index (χ0) is 14.6. The van der Waals surface area contributed by atoms with Gasteiger partial charge in [0.15, 0.2) is 0 Å². The quantitative estimate of drug-likeness (QED) is 0.811. The topological polar surface area (TPSA) is 63.2 Å². The predicted octanol–water partition coefficient (Wildman–Crippen LogP) is 3.30. The van der Waals surface area contributed by atoms with Crippen molar-refractivity contribution >= 4 is 41.6 Å². The zero-order valence-corrected chi connectivity index (χ0v) is 13.8. The number of carbonyl (C=O) groups excluding carboxylic acids is 1. The molecule has 106 valence electrons. The fourth-order valence-electron chi connectivity index (χ4n) is 1.59. The normalized spacial score (nSPS) is 11.6. The molecule has 4 nitrogen and oxygen atoms in total. The molecule has 1 aromatic carbocycles. The maximum absolute atomic E-state index is 12.0. The van der Waals surface area contributed by atoms with E-state index in [1.165, 1.54) is 12.1 Å². The molecule has 1 N–H and O–H groups in total. The Labute approximate surface area is 126 Å². The lowest BCUT2D eigenvalue weighted by atomic mass is 10.1. The minimum atomic E-state index is -3.88. The highest BCUT2D eigenvalue weighted by Gasteiger charge is 2.18. The number of hydrogen-bond donors (Lipinski definition) is 1. The Hall–Kier alpha value is -0.590. The minimum Gasteiger partial charge on any atom is -0.349 e. The van der Waals surface area contributed by atoms with Gasteiger partial charge in [-0.2, -0.15) is 0 Å². The van der Waals surface area contributed by atoms with Crippen LogP contribution in [0.3, 0.4) is 0 Å². The third-order valence-corrected chi connectivity index (χ3v) is 5.09. The van der Waals surface area contributed by atoms with Crippen LogP contribution in [0.5, 0.6) is 0 Å². The van der Waals surface area contributed by atoms with Gasteiger partial charge in [0.1, 0.15) is 0 Å². The lowest BCUT2D eigenvalue weighted by molar-refractivity contribution is 0.0934. The summed E-state index contributed by atoms with van der Waals surface area (Å²) in [6.07, 6.45) is 1.64. The van der Waals surface area contributed by atoms with Crippen molar-refractivity contribution in [3.63, 3.8) is 0 Å². The van der Waals surface area contributed by atoms with Crippen molar-refractivity contribution in [3.05, 3.63) is 28.2 Å². The van der Waals surface area contributed by atoms with E-state index >= 15 is 0 Å². The summed E-state index contributed by atoms with van der Waals surface area (Å²) >= 11 is 3.10. The van der Waals surface area contributed by atoms with E-state index in [2.05, 4.69) is 21.2 Å². The molecule has 0 heterocycles. The zero-order valence-electron chi connectivity index (χ0n) is 10.6. The van der Waals surface area contributed by atoms with Crippen LogP contribution in [0, 0.1) is 0 Å². The van der Waals surface area contributed by atoms with E-state index in [-0.39, 0.29) is 22.4 Å². The molecule has 0 aliphatic heterocycles. The first-order valence-electron chi connectivity index (χ1n) is 5.84. The lowest BCUT2D eigenvalue weighted by Crippen LogP contribution is -2.33. The van der Waals surface area contributed by atoms with Crippen LogP contribution < -0.4 is 5.32 Å². The van der Waals surface area contributed by atoms with Gasteiger partial charge in [-0.05, 0) is 47.0 Å². The van der Waals surface area contributed by atoms with Gasteiger partial charge >= 0.3 is 0 Å². The van der Waals surface area contributed by atoms with Crippen molar-refractivity contribution < 1.29 is 13.2 Å². The van der Waals surface area contributed by atoms with Crippen LogP contribution in [0.25, 0.3) is 0 Å². The first-order chi connectivity index (χ1) is 8.79. The van der Waals surface area contributed by atoms with Gasteiger partial charge in [0.25, 0.3) is 15.0 Å². The molecule has 0 saturated heterocycles. The summed E-state index contributed by atoms with van der Waals surface area (Å²) in [5.74, 6) is -0.303. The van der Waals surface area contributed by atoms with E-state index in [0.717, 1.165) is 12.8 Å². The average molecular weight is 369 g/mol. The second-order valence-corrected chi connectivity index (χ2v) is 7.46. The molecule has 0 unspecified atom stereocenters. The second kappa shape index (κ2) is 6.72. The SMILES string of the molecule is CCC(CC)NC(=O)c1ccc(Br)c(S(=O)(=O)Cl)c1. The van der Waals surface area contributed by atoms with E-state index in [9.17, 15) is 13.2 Å². The highest BCUT2D eigenvalue weighted by Crippen LogP contribution is 2.26. The third-order valence-electron chi connectivity index (χ3n) is 2.78. The smallest absolute Gasteiger partial charge is 0.262 e. The van der Waals surface area contributed by atoms with Crippen LogP contribution >= 0.6 is 26.6 Å². The summed E-state index contributed by atoms with van der Waals surface area (Å²) in [5.41, 5.74) is 0.273. The Morgan fingerprint density at radius 2 is 1.95 bits per heavy atom. The molecule has 0 aliphatic rings. The van der Waals surface area contributed by atoms with Gasteiger partial charge in [0.2, 0.25) is 0 Å². The van der Waals surface area contributed by atoms with Crippen LogP contribution in [0.1, 0.15) is 37.0 Å². The molecule has 1 rings (SSSR count). The van der Waals surface area contributed by atoms with Gasteiger partial charge in [0, 0.05) is 26.8 Å². The summed E-state index contributed by atoms with van der Waals surface area (Å²) in [4.78, 5) is 11.9. The molecule has 0 bridgehead atoms. The van der Waals surface area contributed by atoms with Crippen LogP contribution in [0.4, 0.5) is 0 Å². The Morgan fingerprint density at radius 1 is 1.37 bits per heavy atom. The molecule has 0 saturated carbocycles. The van der Waals surface area contributed by atoms with E-state index in [1.807, 2.05) is 13.8 Å². The highest BCUT2D eigenvalue weighted by atomic mass is 79.9. The Kier molecular flexibility index (Phi) is 5.82. The van der Waals surface area contributed by atoms with E-state index in [1.54, 1.807) is 6.07 Å². The van der Waals surface area contributed by atoms with Gasteiger partial charge in [-0.25, -0.2) is 8.42 Å². The highest BCUT2D eigenvalue weighted by molar-refractivity contribution is 9.10. The summed E-state index contributed by atoms with van der Waals surface area (Å²) < 4.78 is 23.1. The Bertz CT molecular complexity index is 570. The molecule has 1 aromatic rings. The van der Waals surface area contributed by atoms with Gasteiger partial charge in [-0.1, -0.05) is 13.8 Å². The van der Waals surface area contributed by atoms with Crippen molar-refractivity contribution in [1.29, 1.82) is 0 Å². The largest absolute Gasteiger partial charge is 0.349 e. The maximum Gasteiger partial charge on any atom is 0.262 e. The molecule has 0 atom stereocenters. The summed E-state index contributed by atoms with van der Waals surface area (Å²) in [7, 11) is 1.43. The number of halogens is 2. The minimum absolute atomic E-state index is 0.0761. The van der Waals surface area contributed by atoms with Crippen molar-refractivity contribution in [2.24, 2.45) is 0 Å². The molecule has 0 fully saturated rings. The molecule has 7 heteroatoms. The van der Waals surface area contributed by atoms with Gasteiger partial charge < -0.3 is 5.32 Å². The van der Waals surface area contributed by atoms with Crippen LogP contribution in [-0.4, -0.2) is 20.4 Å². The molecule has 0 spiro atoms. The predicted molar refractivity (Wildman–Crippen MR) is 79.0 cm³/mol. The number of rotatable bonds is 5. The first kappa shape index (κ1) is 16.5. The van der Waals surface area contributed by atoms with Crippen LogP contribution in [-0.2, 0) is 9.05 Å². The van der Waals surface area contributed by atoms with E-state index < -0.39 is 9.05 Å². The molecule has 1 amide bonds. The number of carbonyl (C=O) groups is 1. The molecule has 0 radical (unpaired) electrons. The number of nitrogens with one attached hydrogen (secondary N) is 1. The van der Waals surface area contributed by atoms with E-state index in [4.69, 9.17) is 10.7 Å². The number of hydrogen-bond acceptors (Lipinski definition) is 3. The standard InChI is InChI=1S/C12H15BrClNO3S/c1-3-9(4-2)15-12(16)8-5-6-10(13)11(7-8)19(14,17)18/h5-7,9H,3-4H2,1-2H3,(H,15,16). The lowest BCUT2D eigenvalue weighted by Gasteiger charge is -2.15. The van der Waals surface area contributed by atoms with Gasteiger partial charge in [-0.15, -0.1) is 0 Å². The Balaban J connectivity index is 3.06. The Morgan fingerprint density at radius 3 is 2.42 bits per heavy atom. The van der Waals surface area contributed by atoms with E-state index in [0.29, 0.717) is 4.47 Å².